The molecule has 0 fully saturated rings. The summed E-state index contributed by atoms with van der Waals surface area (Å²) in [4.78, 5) is 46.9. The number of nitrogens with one attached hydrogen (secondary N) is 3. The van der Waals surface area contributed by atoms with Crippen molar-refractivity contribution < 1.29 is 50.3 Å². The molecule has 198 valence electrons. The summed E-state index contributed by atoms with van der Waals surface area (Å²) < 4.78 is 78.3. The number of carbonyl (C=O) groups is 4. The molecule has 0 aromatic rings. The van der Waals surface area contributed by atoms with Gasteiger partial charge in [-0.1, -0.05) is 0 Å². The van der Waals surface area contributed by atoms with Gasteiger partial charge >= 0.3 is 30.3 Å². The van der Waals surface area contributed by atoms with Crippen LogP contribution in [0.5, 0.6) is 0 Å². The van der Waals surface area contributed by atoms with Crippen LogP contribution < -0.4 is 16.0 Å². The minimum atomic E-state index is -5.05. The lowest BCUT2D eigenvalue weighted by Gasteiger charge is -2.23. The molecule has 0 aromatic carbocycles. The lowest BCUT2D eigenvalue weighted by Crippen LogP contribution is -2.41. The molecule has 0 rings (SSSR count). The predicted molar refractivity (Wildman–Crippen MR) is 107 cm³/mol. The average molecular weight is 508 g/mol. The number of nitrogens with zero attached hydrogens (tertiary/aromatic N) is 1. The zero-order chi connectivity index (χ0) is 26.6. The highest BCUT2D eigenvalue weighted by Gasteiger charge is 2.38. The van der Waals surface area contributed by atoms with Crippen molar-refractivity contribution in [3.05, 3.63) is 0 Å². The van der Waals surface area contributed by atoms with Crippen LogP contribution in [0, 0.1) is 0 Å². The Balaban J connectivity index is 4.63. The Morgan fingerprint density at radius 1 is 0.706 bits per heavy atom. The minimum absolute atomic E-state index is 0.0430. The molecular weight excluding hydrogens is 478 g/mol. The molecule has 0 aromatic heterocycles. The van der Waals surface area contributed by atoms with E-state index in [0.29, 0.717) is 0 Å². The van der Waals surface area contributed by atoms with Gasteiger partial charge < -0.3 is 25.6 Å². The monoisotopic (exact) mass is 508 g/mol. The lowest BCUT2D eigenvalue weighted by molar-refractivity contribution is -0.173. The third kappa shape index (κ3) is 15.2. The van der Waals surface area contributed by atoms with Gasteiger partial charge in [-0.2, -0.15) is 26.3 Å². The number of halogens is 6. The first kappa shape index (κ1) is 31.3. The second-order valence-electron chi connectivity index (χ2n) is 8.13. The summed E-state index contributed by atoms with van der Waals surface area (Å²) >= 11 is 0. The maximum atomic E-state index is 12.4. The Kier molecular flexibility index (Phi) is 12.7. The summed E-state index contributed by atoms with van der Waals surface area (Å²) in [6.45, 7) is 4.18. The summed E-state index contributed by atoms with van der Waals surface area (Å²) in [5, 5.41) is 5.76. The second-order valence-corrected chi connectivity index (χ2v) is 8.13. The fraction of sp³-hybridized carbons (Fsp3) is 0.789. The van der Waals surface area contributed by atoms with Gasteiger partial charge in [0.2, 0.25) is 5.91 Å². The van der Waals surface area contributed by atoms with Gasteiger partial charge in [0.25, 0.3) is 0 Å². The van der Waals surface area contributed by atoms with Crippen molar-refractivity contribution in [1.82, 2.24) is 20.9 Å². The van der Waals surface area contributed by atoms with E-state index in [1.807, 2.05) is 0 Å². The highest BCUT2D eigenvalue weighted by atomic mass is 19.4. The maximum Gasteiger partial charge on any atom is 0.471 e. The first-order valence-electron chi connectivity index (χ1n) is 10.4. The Morgan fingerprint density at radius 3 is 1.50 bits per heavy atom. The number of ether oxygens (including phenoxy) is 1. The van der Waals surface area contributed by atoms with Crippen LogP contribution in [0.2, 0.25) is 0 Å². The van der Waals surface area contributed by atoms with Gasteiger partial charge in [0.05, 0.1) is 0 Å². The third-order valence-electron chi connectivity index (χ3n) is 3.88. The quantitative estimate of drug-likeness (QED) is 0.276. The Bertz CT molecular complexity index is 658. The molecule has 34 heavy (non-hydrogen) atoms. The molecular formula is C19H30F6N4O5. The molecule has 4 amide bonds. The third-order valence-corrected chi connectivity index (χ3v) is 3.88. The van der Waals surface area contributed by atoms with Crippen LogP contribution in [0.25, 0.3) is 0 Å². The van der Waals surface area contributed by atoms with E-state index in [0.717, 1.165) is 0 Å². The van der Waals surface area contributed by atoms with Crippen molar-refractivity contribution in [2.75, 3.05) is 32.7 Å². The van der Waals surface area contributed by atoms with Crippen molar-refractivity contribution in [3.63, 3.8) is 0 Å². The molecule has 0 unspecified atom stereocenters. The fourth-order valence-corrected chi connectivity index (χ4v) is 2.41. The van der Waals surface area contributed by atoms with Gasteiger partial charge in [0.15, 0.2) is 0 Å². The maximum absolute atomic E-state index is 12.4. The van der Waals surface area contributed by atoms with Crippen LogP contribution in [0.15, 0.2) is 0 Å². The van der Waals surface area contributed by atoms with Gasteiger partial charge in [-0.05, 0) is 40.0 Å². The summed E-state index contributed by atoms with van der Waals surface area (Å²) in [6, 6.07) is 0. The van der Waals surface area contributed by atoms with E-state index < -0.39 is 41.8 Å². The molecule has 3 N–H and O–H groups in total. The highest BCUT2D eigenvalue weighted by molar-refractivity contribution is 5.82. The second kappa shape index (κ2) is 13.8. The van der Waals surface area contributed by atoms with Crippen molar-refractivity contribution in [3.8, 4) is 0 Å². The highest BCUT2D eigenvalue weighted by Crippen LogP contribution is 2.15. The normalized spacial score (nSPS) is 12.0. The summed E-state index contributed by atoms with van der Waals surface area (Å²) in [6.07, 6.45) is -10.7. The molecule has 0 saturated carbocycles. The molecule has 0 bridgehead atoms. The van der Waals surface area contributed by atoms with E-state index in [-0.39, 0.29) is 58.4 Å². The van der Waals surface area contributed by atoms with Gasteiger partial charge in [-0.25, -0.2) is 4.79 Å². The van der Waals surface area contributed by atoms with Crippen LogP contribution in [-0.4, -0.2) is 79.4 Å². The topological polar surface area (TPSA) is 117 Å². The van der Waals surface area contributed by atoms with Gasteiger partial charge in [-0.15, -0.1) is 0 Å². The van der Waals surface area contributed by atoms with Crippen molar-refractivity contribution in [2.24, 2.45) is 0 Å². The number of hydrogen-bond donors (Lipinski definition) is 3. The first-order chi connectivity index (χ1) is 15.4. The largest absolute Gasteiger partial charge is 0.471 e. The minimum Gasteiger partial charge on any atom is -0.444 e. The predicted octanol–water partition coefficient (Wildman–Crippen LogP) is 2.26. The molecule has 0 aliphatic carbocycles. The summed E-state index contributed by atoms with van der Waals surface area (Å²) in [5.74, 6) is -4.72. The summed E-state index contributed by atoms with van der Waals surface area (Å²) in [7, 11) is 0. The standard InChI is InChI=1S/C19H30F6N4O5/c1-17(2,3)34-16(33)28-8-4-7-13(30)29(11-5-9-26-14(31)18(20,21)22)12-6-10-27-15(32)19(23,24)25/h4-12H2,1-3H3,(H,26,31)(H,27,32)(H,28,33). The molecule has 15 heteroatoms. The average Bonchev–Trinajstić information content (AvgIpc) is 2.66. The molecule has 0 aliphatic heterocycles. The molecule has 9 nitrogen and oxygen atoms in total. The molecule has 0 aliphatic rings. The molecule has 0 radical (unpaired) electrons. The number of amides is 4. The first-order valence-corrected chi connectivity index (χ1v) is 10.4. The van der Waals surface area contributed by atoms with E-state index in [2.05, 4.69) is 5.32 Å². The fourth-order valence-electron chi connectivity index (χ4n) is 2.41. The SMILES string of the molecule is CC(C)(C)OC(=O)NCCCC(=O)N(CCCNC(=O)C(F)(F)F)CCCNC(=O)C(F)(F)F. The van der Waals surface area contributed by atoms with Gasteiger partial charge in [-0.3, -0.25) is 14.4 Å². The Hall–Kier alpha value is -2.74. The Morgan fingerprint density at radius 2 is 1.12 bits per heavy atom. The van der Waals surface area contributed by atoms with E-state index >= 15 is 0 Å². The Labute approximate surface area is 192 Å². The van der Waals surface area contributed by atoms with Gasteiger partial charge in [0, 0.05) is 39.1 Å². The zero-order valence-corrected chi connectivity index (χ0v) is 19.1. The van der Waals surface area contributed by atoms with Crippen LogP contribution >= 0.6 is 0 Å². The van der Waals surface area contributed by atoms with Gasteiger partial charge in [0.1, 0.15) is 5.60 Å². The zero-order valence-electron chi connectivity index (χ0n) is 19.1. The van der Waals surface area contributed by atoms with Crippen molar-refractivity contribution in [1.29, 1.82) is 0 Å². The number of rotatable bonds is 12. The molecule has 0 saturated heterocycles. The van der Waals surface area contributed by atoms with Crippen molar-refractivity contribution >= 4 is 23.8 Å². The van der Waals surface area contributed by atoms with E-state index in [1.54, 1.807) is 31.4 Å². The summed E-state index contributed by atoms with van der Waals surface area (Å²) in [5.41, 5.74) is -0.709. The smallest absolute Gasteiger partial charge is 0.444 e. The van der Waals surface area contributed by atoms with Crippen molar-refractivity contribution in [2.45, 2.75) is 64.4 Å². The number of carbonyl (C=O) groups excluding carboxylic acids is 4. The van der Waals surface area contributed by atoms with E-state index in [9.17, 15) is 45.5 Å². The van der Waals surface area contributed by atoms with E-state index in [4.69, 9.17) is 4.74 Å². The van der Waals surface area contributed by atoms with Crippen LogP contribution in [0.3, 0.4) is 0 Å². The van der Waals surface area contributed by atoms with Crippen LogP contribution in [-0.2, 0) is 19.1 Å². The number of hydrogen-bond acceptors (Lipinski definition) is 5. The van der Waals surface area contributed by atoms with Crippen LogP contribution in [0.4, 0.5) is 31.1 Å². The number of alkyl halides is 6. The molecule has 0 spiro atoms. The molecule has 0 atom stereocenters. The molecule has 0 heterocycles. The van der Waals surface area contributed by atoms with E-state index in [1.165, 1.54) is 4.90 Å². The number of alkyl carbamates (subject to hydrolysis) is 1. The van der Waals surface area contributed by atoms with Crippen LogP contribution in [0.1, 0.15) is 46.5 Å². The lowest BCUT2D eigenvalue weighted by atomic mass is 10.2.